The summed E-state index contributed by atoms with van der Waals surface area (Å²) in [5.41, 5.74) is 3.07. The van der Waals surface area contributed by atoms with Gasteiger partial charge in [-0.1, -0.05) is 18.2 Å². The van der Waals surface area contributed by atoms with E-state index in [1.165, 1.54) is 11.3 Å². The number of thiazole rings is 1. The van der Waals surface area contributed by atoms with E-state index in [1.54, 1.807) is 11.1 Å². The van der Waals surface area contributed by atoms with E-state index in [0.717, 1.165) is 58.2 Å². The van der Waals surface area contributed by atoms with Gasteiger partial charge in [0.15, 0.2) is 5.13 Å². The lowest BCUT2D eigenvalue weighted by Gasteiger charge is -2.41. The molecule has 3 N–H and O–H groups in total. The molecule has 0 unspecified atom stereocenters. The number of hydrogen-bond acceptors (Lipinski definition) is 6. The number of alkyl halides is 3. The molecule has 3 atom stereocenters. The third-order valence-corrected chi connectivity index (χ3v) is 8.14. The molecule has 2 aromatic heterocycles. The van der Waals surface area contributed by atoms with Crippen LogP contribution in [-0.2, 0) is 6.42 Å². The first-order valence-electron chi connectivity index (χ1n) is 12.2. The molecule has 1 aromatic carbocycles. The van der Waals surface area contributed by atoms with Gasteiger partial charge in [-0.3, -0.25) is 9.29 Å². The van der Waals surface area contributed by atoms with Crippen LogP contribution in [-0.4, -0.2) is 82.3 Å². The van der Waals surface area contributed by atoms with Crippen molar-refractivity contribution in [3.05, 3.63) is 46.6 Å². The highest BCUT2D eigenvalue weighted by molar-refractivity contribution is 7.15. The van der Waals surface area contributed by atoms with Crippen molar-refractivity contribution >= 4 is 27.4 Å². The fourth-order valence-corrected chi connectivity index (χ4v) is 6.49. The number of benzene rings is 1. The Hall–Kier alpha value is -2.14. The van der Waals surface area contributed by atoms with Crippen LogP contribution in [0.4, 0.5) is 18.3 Å². The summed E-state index contributed by atoms with van der Waals surface area (Å²) in [5, 5.41) is 14.7. The smallest absolute Gasteiger partial charge is 0.283 e. The fourth-order valence-electron chi connectivity index (χ4n) is 5.47. The molecule has 6 nitrogen and oxygen atoms in total. The molecule has 2 aliphatic heterocycles. The van der Waals surface area contributed by atoms with Gasteiger partial charge in [-0.05, 0) is 37.8 Å². The number of aliphatic hydroxyl groups excluding tert-OH is 1. The van der Waals surface area contributed by atoms with Crippen LogP contribution in [0.1, 0.15) is 41.9 Å². The van der Waals surface area contributed by atoms with E-state index >= 15 is 0 Å². The summed E-state index contributed by atoms with van der Waals surface area (Å²) < 4.78 is 41.4. The molecule has 35 heavy (non-hydrogen) atoms. The van der Waals surface area contributed by atoms with Gasteiger partial charge in [0, 0.05) is 59.4 Å². The molecule has 1 fully saturated rings. The Labute approximate surface area is 207 Å². The molecule has 0 radical (unpaired) electrons. The summed E-state index contributed by atoms with van der Waals surface area (Å²) in [6.45, 7) is 2.49. The zero-order chi connectivity index (χ0) is 24.6. The number of fused-ring (bicyclic) bond motifs is 3. The molecule has 2 aliphatic rings. The third kappa shape index (κ3) is 5.07. The Morgan fingerprint density at radius 3 is 2.94 bits per heavy atom. The molecule has 0 aliphatic carbocycles. The average molecular weight is 508 g/mol. The van der Waals surface area contributed by atoms with Gasteiger partial charge in [0.2, 0.25) is 0 Å². The first-order chi connectivity index (χ1) is 16.9. The minimum Gasteiger partial charge on any atom is -0.390 e. The zero-order valence-corrected chi connectivity index (χ0v) is 20.6. The predicted octanol–water partition coefficient (Wildman–Crippen LogP) is 4.43. The Morgan fingerprint density at radius 1 is 1.31 bits per heavy atom. The maximum atomic E-state index is 14.4. The van der Waals surface area contributed by atoms with Crippen LogP contribution in [0.2, 0.25) is 0 Å². The van der Waals surface area contributed by atoms with Gasteiger partial charge >= 0.3 is 0 Å². The van der Waals surface area contributed by atoms with Crippen molar-refractivity contribution in [1.82, 2.24) is 19.8 Å². The Morgan fingerprint density at radius 2 is 2.14 bits per heavy atom. The van der Waals surface area contributed by atoms with Crippen LogP contribution in [0.25, 0.3) is 10.9 Å². The highest BCUT2D eigenvalue weighted by atomic mass is 32.1. The molecule has 10 heteroatoms. The maximum Gasteiger partial charge on any atom is 0.283 e. The number of aliphatic hydroxyl groups is 1. The molecule has 0 spiro atoms. The number of hydrogen-bond donors (Lipinski definition) is 3. The second-order valence-corrected chi connectivity index (χ2v) is 10.8. The number of nitrogens with one attached hydrogen (secondary N) is 2. The van der Waals surface area contributed by atoms with Gasteiger partial charge in [-0.15, -0.1) is 11.3 Å². The van der Waals surface area contributed by atoms with E-state index in [1.807, 2.05) is 25.1 Å². The lowest BCUT2D eigenvalue weighted by atomic mass is 9.91. The molecular formula is C25H32F3N5OS. The minimum absolute atomic E-state index is 0.137. The molecule has 0 amide bonds. The number of para-hydroxylation sites is 1. The van der Waals surface area contributed by atoms with Gasteiger partial charge < -0.3 is 20.3 Å². The average Bonchev–Trinajstić information content (AvgIpc) is 3.57. The van der Waals surface area contributed by atoms with Gasteiger partial charge in [0.25, 0.3) is 5.92 Å². The van der Waals surface area contributed by atoms with Gasteiger partial charge in [0.05, 0.1) is 19.3 Å². The number of likely N-dealkylation sites (tertiary alicyclic amines) is 1. The SMILES string of the molecule is C[C@@H]1Cc2c([nH]c3ccccc23)[C@@H](c2cnc(N[C@@H]3CCN(CCCF)C3)s2)N1CC(F)(F)CO. The van der Waals surface area contributed by atoms with Crippen LogP contribution in [0.5, 0.6) is 0 Å². The van der Waals surface area contributed by atoms with E-state index in [4.69, 9.17) is 0 Å². The largest absolute Gasteiger partial charge is 0.390 e. The normalized spacial score (nSPS) is 23.7. The lowest BCUT2D eigenvalue weighted by molar-refractivity contribution is -0.0862. The number of anilines is 1. The van der Waals surface area contributed by atoms with Gasteiger partial charge in [0.1, 0.15) is 6.61 Å². The quantitative estimate of drug-likeness (QED) is 0.400. The van der Waals surface area contributed by atoms with Crippen molar-refractivity contribution in [2.45, 2.75) is 50.2 Å². The topological polar surface area (TPSA) is 67.4 Å². The Kier molecular flexibility index (Phi) is 7.07. The second kappa shape index (κ2) is 10.1. The number of aromatic amines is 1. The zero-order valence-electron chi connectivity index (χ0n) is 19.8. The standard InChI is InChI=1S/C25H32F3N5OS/c1-16-11-19-18-5-2-3-6-20(18)31-22(19)23(33(16)14-25(27,28)15-34)21-12-29-24(35-21)30-17-7-10-32(13-17)9-4-8-26/h2-3,5-6,12,16-17,23,31,34H,4,7-11,13-15H2,1H3,(H,29,30)/t16-,17-,23-/m1/s1. The number of H-pyrrole nitrogens is 1. The van der Waals surface area contributed by atoms with Crippen LogP contribution in [0, 0.1) is 0 Å². The maximum absolute atomic E-state index is 14.4. The molecule has 3 aromatic rings. The molecule has 5 rings (SSSR count). The molecule has 1 saturated heterocycles. The monoisotopic (exact) mass is 507 g/mol. The van der Waals surface area contributed by atoms with Crippen LogP contribution in [0.3, 0.4) is 0 Å². The highest BCUT2D eigenvalue weighted by Gasteiger charge is 2.42. The van der Waals surface area contributed by atoms with Crippen LogP contribution < -0.4 is 5.32 Å². The number of rotatable bonds is 9. The van der Waals surface area contributed by atoms with Gasteiger partial charge in [-0.25, -0.2) is 13.8 Å². The summed E-state index contributed by atoms with van der Waals surface area (Å²) in [5.74, 6) is -3.20. The van der Waals surface area contributed by atoms with Crippen molar-refractivity contribution < 1.29 is 18.3 Å². The minimum atomic E-state index is -3.20. The van der Waals surface area contributed by atoms with Crippen molar-refractivity contribution in [3.63, 3.8) is 0 Å². The second-order valence-electron chi connectivity index (χ2n) is 9.75. The molecule has 4 heterocycles. The summed E-state index contributed by atoms with van der Waals surface area (Å²) in [4.78, 5) is 13.0. The van der Waals surface area contributed by atoms with Crippen LogP contribution in [0.15, 0.2) is 30.5 Å². The first-order valence-corrected chi connectivity index (χ1v) is 13.0. The summed E-state index contributed by atoms with van der Waals surface area (Å²) >= 11 is 1.49. The van der Waals surface area contributed by atoms with E-state index in [-0.39, 0.29) is 18.8 Å². The number of nitrogens with zero attached hydrogens (tertiary/aromatic N) is 3. The van der Waals surface area contributed by atoms with E-state index in [0.29, 0.717) is 12.8 Å². The molecular weight excluding hydrogens is 475 g/mol. The van der Waals surface area contributed by atoms with Crippen molar-refractivity contribution in [2.24, 2.45) is 0 Å². The highest BCUT2D eigenvalue weighted by Crippen LogP contribution is 2.44. The van der Waals surface area contributed by atoms with Crippen LogP contribution >= 0.6 is 11.3 Å². The first kappa shape index (κ1) is 24.5. The third-order valence-electron chi connectivity index (χ3n) is 7.16. The Bertz CT molecular complexity index is 1150. The summed E-state index contributed by atoms with van der Waals surface area (Å²) in [7, 11) is 0. The molecule has 0 saturated carbocycles. The lowest BCUT2D eigenvalue weighted by Crippen LogP contribution is -2.49. The predicted molar refractivity (Wildman–Crippen MR) is 133 cm³/mol. The number of aromatic nitrogens is 2. The van der Waals surface area contributed by atoms with Crippen molar-refractivity contribution in [1.29, 1.82) is 0 Å². The van der Waals surface area contributed by atoms with E-state index in [9.17, 15) is 18.3 Å². The van der Waals surface area contributed by atoms with Crippen molar-refractivity contribution in [2.75, 3.05) is 44.8 Å². The van der Waals surface area contributed by atoms with Gasteiger partial charge in [-0.2, -0.15) is 0 Å². The van der Waals surface area contributed by atoms with Crippen molar-refractivity contribution in [3.8, 4) is 0 Å². The molecule has 190 valence electrons. The summed E-state index contributed by atoms with van der Waals surface area (Å²) in [6.07, 6.45) is 3.95. The molecule has 0 bridgehead atoms. The fraction of sp³-hybridized carbons (Fsp3) is 0.560. The van der Waals surface area contributed by atoms with E-state index in [2.05, 4.69) is 26.3 Å². The summed E-state index contributed by atoms with van der Waals surface area (Å²) in [6, 6.07) is 7.73. The van der Waals surface area contributed by atoms with E-state index < -0.39 is 25.1 Å². The Balaban J connectivity index is 1.44. The number of halogens is 3.